The summed E-state index contributed by atoms with van der Waals surface area (Å²) in [6.07, 6.45) is 2.91. The molecule has 0 bridgehead atoms. The fourth-order valence-corrected chi connectivity index (χ4v) is 6.24. The maximum atomic E-state index is 13.6. The van der Waals surface area contributed by atoms with E-state index in [0.717, 1.165) is 41.5 Å². The molecule has 35 heavy (non-hydrogen) atoms. The first kappa shape index (κ1) is 23.4. The molecule has 2 amide bonds. The second-order valence-corrected chi connectivity index (χ2v) is 10.8. The summed E-state index contributed by atoms with van der Waals surface area (Å²) in [5, 5.41) is 12.6. The van der Waals surface area contributed by atoms with Crippen molar-refractivity contribution in [1.29, 1.82) is 0 Å². The quantitative estimate of drug-likeness (QED) is 0.660. The molecule has 2 N–H and O–H groups in total. The van der Waals surface area contributed by atoms with E-state index >= 15 is 0 Å². The Morgan fingerprint density at radius 3 is 2.09 bits per heavy atom. The second-order valence-electron chi connectivity index (χ2n) is 10.8. The average Bonchev–Trinajstić information content (AvgIpc) is 3.15. The van der Waals surface area contributed by atoms with Crippen LogP contribution >= 0.6 is 0 Å². The van der Waals surface area contributed by atoms with Gasteiger partial charge in [0.25, 0.3) is 0 Å². The average molecular weight is 477 g/mol. The number of hydrogen-bond acceptors (Lipinski definition) is 4. The van der Waals surface area contributed by atoms with Gasteiger partial charge in [0.1, 0.15) is 18.2 Å². The Balaban J connectivity index is 1.32. The molecule has 0 spiro atoms. The van der Waals surface area contributed by atoms with Gasteiger partial charge < -0.3 is 20.1 Å². The minimum atomic E-state index is -1.12. The van der Waals surface area contributed by atoms with Crippen molar-refractivity contribution < 1.29 is 24.2 Å². The number of benzene rings is 2. The zero-order valence-electron chi connectivity index (χ0n) is 20.3. The number of ether oxygens (including phenoxy) is 1. The number of carbonyl (C=O) groups excluding carboxylic acids is 2. The number of hydrogen-bond donors (Lipinski definition) is 2. The summed E-state index contributed by atoms with van der Waals surface area (Å²) in [5.41, 5.74) is 2.92. The largest absolute Gasteiger partial charge is 0.480 e. The number of carboxylic acids is 1. The Labute approximate surface area is 205 Å². The molecule has 2 fully saturated rings. The standard InChI is InChI=1S/C28H32N2O5/c1-27(2)17-30(23(27)24(31)32)25(33)28(14-8-3-9-15-28)29-26(34)35-16-22-20-12-6-4-10-18(20)19-11-5-7-13-21(19)22/h4-7,10-13,22-23H,3,8-9,14-17H2,1-2H3,(H,29,34)(H,31,32). The summed E-state index contributed by atoms with van der Waals surface area (Å²) in [7, 11) is 0. The van der Waals surface area contributed by atoms with E-state index in [1.165, 1.54) is 4.90 Å². The summed E-state index contributed by atoms with van der Waals surface area (Å²) in [5.74, 6) is -1.39. The second kappa shape index (κ2) is 8.70. The number of nitrogens with zero attached hydrogens (tertiary/aromatic N) is 1. The van der Waals surface area contributed by atoms with Crippen molar-refractivity contribution in [1.82, 2.24) is 10.2 Å². The maximum absolute atomic E-state index is 13.6. The smallest absolute Gasteiger partial charge is 0.408 e. The highest BCUT2D eigenvalue weighted by Crippen LogP contribution is 2.45. The molecule has 1 saturated heterocycles. The summed E-state index contributed by atoms with van der Waals surface area (Å²) >= 11 is 0. The zero-order chi connectivity index (χ0) is 24.8. The summed E-state index contributed by atoms with van der Waals surface area (Å²) < 4.78 is 5.73. The van der Waals surface area contributed by atoms with E-state index in [2.05, 4.69) is 29.6 Å². The number of rotatable bonds is 5. The van der Waals surface area contributed by atoms with E-state index in [1.54, 1.807) is 0 Å². The Bertz CT molecular complexity index is 1120. The van der Waals surface area contributed by atoms with Gasteiger partial charge >= 0.3 is 12.1 Å². The van der Waals surface area contributed by atoms with Gasteiger partial charge in [0.2, 0.25) is 5.91 Å². The molecular formula is C28H32N2O5. The fourth-order valence-electron chi connectivity index (χ4n) is 6.24. The van der Waals surface area contributed by atoms with Crippen LogP contribution in [0, 0.1) is 5.41 Å². The van der Waals surface area contributed by atoms with Crippen molar-refractivity contribution in [2.24, 2.45) is 5.41 Å². The van der Waals surface area contributed by atoms with Crippen molar-refractivity contribution in [2.45, 2.75) is 63.5 Å². The van der Waals surface area contributed by atoms with Crippen LogP contribution in [0.3, 0.4) is 0 Å². The molecule has 5 rings (SSSR count). The molecule has 7 heteroatoms. The van der Waals surface area contributed by atoms with Gasteiger partial charge in [-0.05, 0) is 35.1 Å². The fraction of sp³-hybridized carbons (Fsp3) is 0.464. The Hall–Kier alpha value is -3.35. The van der Waals surface area contributed by atoms with Crippen molar-refractivity contribution in [2.75, 3.05) is 13.2 Å². The van der Waals surface area contributed by atoms with Crippen LogP contribution in [0.4, 0.5) is 4.79 Å². The number of likely N-dealkylation sites (tertiary alicyclic amines) is 1. The minimum absolute atomic E-state index is 0.0706. The number of carbonyl (C=O) groups is 3. The first-order chi connectivity index (χ1) is 16.7. The minimum Gasteiger partial charge on any atom is -0.480 e. The topological polar surface area (TPSA) is 95.9 Å². The lowest BCUT2D eigenvalue weighted by molar-refractivity contribution is -0.176. The lowest BCUT2D eigenvalue weighted by Crippen LogP contribution is -2.73. The first-order valence-electron chi connectivity index (χ1n) is 12.4. The molecule has 1 unspecified atom stereocenters. The number of nitrogens with one attached hydrogen (secondary N) is 1. The lowest BCUT2D eigenvalue weighted by atomic mass is 9.72. The van der Waals surface area contributed by atoms with Crippen LogP contribution in [-0.4, -0.2) is 52.7 Å². The highest BCUT2D eigenvalue weighted by molar-refractivity contribution is 5.94. The molecule has 2 aliphatic carbocycles. The van der Waals surface area contributed by atoms with Crippen molar-refractivity contribution >= 4 is 18.0 Å². The van der Waals surface area contributed by atoms with Crippen molar-refractivity contribution in [3.8, 4) is 11.1 Å². The van der Waals surface area contributed by atoms with E-state index in [9.17, 15) is 19.5 Å². The summed E-state index contributed by atoms with van der Waals surface area (Å²) in [4.78, 5) is 40.0. The van der Waals surface area contributed by atoms with Crippen LogP contribution in [-0.2, 0) is 14.3 Å². The van der Waals surface area contributed by atoms with Gasteiger partial charge in [-0.2, -0.15) is 0 Å². The molecule has 2 aromatic carbocycles. The van der Waals surface area contributed by atoms with Gasteiger partial charge in [-0.25, -0.2) is 9.59 Å². The van der Waals surface area contributed by atoms with E-state index in [4.69, 9.17) is 4.74 Å². The Morgan fingerprint density at radius 1 is 0.971 bits per heavy atom. The van der Waals surface area contributed by atoms with Crippen molar-refractivity contribution in [3.63, 3.8) is 0 Å². The highest BCUT2D eigenvalue weighted by Gasteiger charge is 2.57. The monoisotopic (exact) mass is 476 g/mol. The van der Waals surface area contributed by atoms with Gasteiger partial charge in [-0.15, -0.1) is 0 Å². The van der Waals surface area contributed by atoms with Crippen molar-refractivity contribution in [3.05, 3.63) is 59.7 Å². The molecule has 7 nitrogen and oxygen atoms in total. The number of aliphatic carboxylic acids is 1. The van der Waals surface area contributed by atoms with E-state index in [1.807, 2.05) is 38.1 Å². The van der Waals surface area contributed by atoms with Crippen LogP contribution in [0.2, 0.25) is 0 Å². The third kappa shape index (κ3) is 3.97. The van der Waals surface area contributed by atoms with E-state index < -0.39 is 29.1 Å². The SMILES string of the molecule is CC1(C)CN(C(=O)C2(NC(=O)OCC3c4ccccc4-c4ccccc43)CCCCC2)C1C(=O)O. The van der Waals surface area contributed by atoms with Gasteiger partial charge in [0.15, 0.2) is 0 Å². The molecule has 0 aromatic heterocycles. The lowest BCUT2D eigenvalue weighted by Gasteiger charge is -2.54. The Kier molecular flexibility index (Phi) is 5.82. The van der Waals surface area contributed by atoms with Gasteiger partial charge in [0, 0.05) is 17.9 Å². The van der Waals surface area contributed by atoms with Crippen LogP contribution in [0.15, 0.2) is 48.5 Å². The number of amides is 2. The number of fused-ring (bicyclic) bond motifs is 3. The summed E-state index contributed by atoms with van der Waals surface area (Å²) in [6.45, 7) is 4.22. The third-order valence-corrected chi connectivity index (χ3v) is 7.93. The normalized spacial score (nSPS) is 21.9. The van der Waals surface area contributed by atoms with Crippen LogP contribution in [0.5, 0.6) is 0 Å². The molecule has 0 radical (unpaired) electrons. The van der Waals surface area contributed by atoms with Gasteiger partial charge in [0.05, 0.1) is 0 Å². The summed E-state index contributed by atoms with van der Waals surface area (Å²) in [6, 6.07) is 15.4. The first-order valence-corrected chi connectivity index (χ1v) is 12.4. The third-order valence-electron chi connectivity index (χ3n) is 7.93. The molecule has 184 valence electrons. The Morgan fingerprint density at radius 2 is 1.54 bits per heavy atom. The van der Waals surface area contributed by atoms with Crippen LogP contribution in [0.25, 0.3) is 11.1 Å². The molecule has 1 saturated carbocycles. The number of carboxylic acid groups (broad SMARTS) is 1. The molecule has 1 atom stereocenters. The van der Waals surface area contributed by atoms with Crippen LogP contribution in [0.1, 0.15) is 63.0 Å². The predicted octanol–water partition coefficient (Wildman–Crippen LogP) is 4.55. The van der Waals surface area contributed by atoms with Gasteiger partial charge in [-0.1, -0.05) is 81.6 Å². The molecular weight excluding hydrogens is 444 g/mol. The molecule has 1 aliphatic heterocycles. The van der Waals surface area contributed by atoms with E-state index in [0.29, 0.717) is 19.4 Å². The zero-order valence-corrected chi connectivity index (χ0v) is 20.3. The highest BCUT2D eigenvalue weighted by atomic mass is 16.5. The maximum Gasteiger partial charge on any atom is 0.408 e. The van der Waals surface area contributed by atoms with E-state index in [-0.39, 0.29) is 18.4 Å². The molecule has 3 aliphatic rings. The van der Waals surface area contributed by atoms with Gasteiger partial charge in [-0.3, -0.25) is 4.79 Å². The molecule has 1 heterocycles. The number of alkyl carbamates (subject to hydrolysis) is 1. The predicted molar refractivity (Wildman–Crippen MR) is 131 cm³/mol. The molecule has 2 aromatic rings. The van der Waals surface area contributed by atoms with Crippen LogP contribution < -0.4 is 5.32 Å².